The van der Waals surface area contributed by atoms with Crippen LogP contribution < -0.4 is 9.62 Å². The number of carbonyl (C=O) groups is 2. The summed E-state index contributed by atoms with van der Waals surface area (Å²) in [5.74, 6) is -1.42. The molecule has 3 aromatic carbocycles. The van der Waals surface area contributed by atoms with E-state index in [1.165, 1.54) is 43.3 Å². The number of halogens is 6. The number of hydrogen-bond acceptors (Lipinski definition) is 4. The predicted molar refractivity (Wildman–Crippen MR) is 157 cm³/mol. The van der Waals surface area contributed by atoms with Gasteiger partial charge in [-0.05, 0) is 68.8 Å². The van der Waals surface area contributed by atoms with Gasteiger partial charge >= 0.3 is 6.18 Å². The van der Waals surface area contributed by atoms with E-state index in [-0.39, 0.29) is 32.5 Å². The molecule has 0 fully saturated rings. The lowest BCUT2D eigenvalue weighted by Gasteiger charge is -2.32. The molecule has 0 saturated carbocycles. The van der Waals surface area contributed by atoms with Crippen molar-refractivity contribution >= 4 is 62.3 Å². The van der Waals surface area contributed by atoms with Crippen molar-refractivity contribution in [3.8, 4) is 0 Å². The van der Waals surface area contributed by atoms with Gasteiger partial charge in [0, 0.05) is 12.6 Å². The van der Waals surface area contributed by atoms with Gasteiger partial charge in [0.05, 0.1) is 31.2 Å². The lowest BCUT2D eigenvalue weighted by molar-refractivity contribution is -0.139. The SMILES string of the molecule is CC(C)NC(=O)[C@H](C)N(Cc1ccc(Cl)c(Cl)c1)C(=O)CN(c1cc(C(F)(F)F)ccc1Cl)S(=O)(=O)c1ccccc1. The third-order valence-corrected chi connectivity index (χ3v) is 8.92. The molecular weight excluding hydrogens is 638 g/mol. The van der Waals surface area contributed by atoms with Crippen LogP contribution in [0.3, 0.4) is 0 Å². The highest BCUT2D eigenvalue weighted by Crippen LogP contribution is 2.37. The second-order valence-corrected chi connectivity index (χ2v) is 12.7. The van der Waals surface area contributed by atoms with Crippen molar-refractivity contribution in [2.24, 2.45) is 0 Å². The Morgan fingerprint density at radius 2 is 1.50 bits per heavy atom. The van der Waals surface area contributed by atoms with Crippen LogP contribution in [0.4, 0.5) is 18.9 Å². The number of sulfonamides is 1. The van der Waals surface area contributed by atoms with E-state index in [0.29, 0.717) is 22.0 Å². The standard InChI is InChI=1S/C28H27Cl3F3N3O4S/c1-17(2)35-27(39)18(3)36(15-19-9-11-22(29)24(31)13-19)26(38)16-37(42(40,41)21-7-5-4-6-8-21)25-14-20(28(32,33)34)10-12-23(25)30/h4-14,17-18H,15-16H2,1-3H3,(H,35,39)/t18-/m0/s1. The number of carbonyl (C=O) groups excluding carboxylic acids is 2. The van der Waals surface area contributed by atoms with Gasteiger partial charge in [-0.25, -0.2) is 8.42 Å². The first-order valence-electron chi connectivity index (χ1n) is 12.5. The molecular formula is C28H27Cl3F3N3O4S. The lowest BCUT2D eigenvalue weighted by atomic mass is 10.1. The second kappa shape index (κ2) is 13.5. The van der Waals surface area contributed by atoms with Crippen molar-refractivity contribution < 1.29 is 31.2 Å². The van der Waals surface area contributed by atoms with Crippen LogP contribution in [-0.4, -0.2) is 43.8 Å². The summed E-state index contributed by atoms with van der Waals surface area (Å²) in [7, 11) is -4.62. The Morgan fingerprint density at radius 3 is 2.07 bits per heavy atom. The van der Waals surface area contributed by atoms with E-state index in [9.17, 15) is 31.2 Å². The van der Waals surface area contributed by atoms with Crippen LogP contribution in [-0.2, 0) is 32.3 Å². The lowest BCUT2D eigenvalue weighted by Crippen LogP contribution is -2.52. The van der Waals surface area contributed by atoms with E-state index in [2.05, 4.69) is 5.32 Å². The fourth-order valence-electron chi connectivity index (χ4n) is 3.94. The number of amides is 2. The number of nitrogens with zero attached hydrogens (tertiary/aromatic N) is 2. The predicted octanol–water partition coefficient (Wildman–Crippen LogP) is 6.80. The Labute approximate surface area is 257 Å². The Balaban J connectivity index is 2.14. The molecule has 0 aliphatic rings. The van der Waals surface area contributed by atoms with Gasteiger partial charge in [0.2, 0.25) is 11.8 Å². The summed E-state index contributed by atoms with van der Waals surface area (Å²) in [5.41, 5.74) is -1.26. The Kier molecular flexibility index (Phi) is 10.8. The highest BCUT2D eigenvalue weighted by molar-refractivity contribution is 7.92. The molecule has 0 saturated heterocycles. The molecule has 0 spiro atoms. The van der Waals surface area contributed by atoms with E-state index in [1.807, 2.05) is 0 Å². The maximum Gasteiger partial charge on any atom is 0.416 e. The largest absolute Gasteiger partial charge is 0.416 e. The molecule has 0 heterocycles. The minimum atomic E-state index is -4.82. The number of anilines is 1. The van der Waals surface area contributed by atoms with E-state index in [4.69, 9.17) is 34.8 Å². The number of benzene rings is 3. The molecule has 14 heteroatoms. The number of nitrogens with one attached hydrogen (secondary N) is 1. The zero-order valence-electron chi connectivity index (χ0n) is 22.6. The number of hydrogen-bond donors (Lipinski definition) is 1. The van der Waals surface area contributed by atoms with Gasteiger partial charge in [0.25, 0.3) is 10.0 Å². The third kappa shape index (κ3) is 8.09. The van der Waals surface area contributed by atoms with Crippen molar-refractivity contribution in [3.05, 3.63) is 92.9 Å². The van der Waals surface area contributed by atoms with Crippen molar-refractivity contribution in [2.75, 3.05) is 10.8 Å². The summed E-state index contributed by atoms with van der Waals surface area (Å²) in [6.07, 6.45) is -4.82. The third-order valence-electron chi connectivity index (χ3n) is 6.09. The number of alkyl halides is 3. The molecule has 226 valence electrons. The van der Waals surface area contributed by atoms with Crippen LogP contribution in [0.25, 0.3) is 0 Å². The molecule has 3 rings (SSSR count). The first-order valence-corrected chi connectivity index (χ1v) is 15.1. The van der Waals surface area contributed by atoms with Gasteiger partial charge in [-0.15, -0.1) is 0 Å². The highest BCUT2D eigenvalue weighted by Gasteiger charge is 2.36. The summed E-state index contributed by atoms with van der Waals surface area (Å²) in [6.45, 7) is 3.72. The minimum absolute atomic E-state index is 0.185. The topological polar surface area (TPSA) is 86.8 Å². The summed E-state index contributed by atoms with van der Waals surface area (Å²) in [5, 5.41) is 2.80. The van der Waals surface area contributed by atoms with Crippen molar-refractivity contribution in [3.63, 3.8) is 0 Å². The van der Waals surface area contributed by atoms with Gasteiger partial charge in [0.1, 0.15) is 12.6 Å². The maximum absolute atomic E-state index is 13.9. The van der Waals surface area contributed by atoms with Crippen molar-refractivity contribution in [2.45, 2.75) is 50.5 Å². The van der Waals surface area contributed by atoms with E-state index in [0.717, 1.165) is 11.0 Å². The average Bonchev–Trinajstić information content (AvgIpc) is 2.91. The Bertz CT molecular complexity index is 1550. The number of rotatable bonds is 10. The molecule has 0 unspecified atom stereocenters. The minimum Gasteiger partial charge on any atom is -0.352 e. The zero-order valence-corrected chi connectivity index (χ0v) is 25.7. The van der Waals surface area contributed by atoms with E-state index < -0.39 is 51.9 Å². The molecule has 7 nitrogen and oxygen atoms in total. The quantitative estimate of drug-likeness (QED) is 0.258. The Hall–Kier alpha value is -2.99. The van der Waals surface area contributed by atoms with Crippen molar-refractivity contribution in [1.82, 2.24) is 10.2 Å². The molecule has 0 aliphatic heterocycles. The van der Waals surface area contributed by atoms with Crippen LogP contribution in [0, 0.1) is 0 Å². The normalized spacial score (nSPS) is 12.6. The monoisotopic (exact) mass is 663 g/mol. The second-order valence-electron chi connectivity index (χ2n) is 9.60. The first kappa shape index (κ1) is 33.5. The molecule has 42 heavy (non-hydrogen) atoms. The molecule has 1 atom stereocenters. The fourth-order valence-corrected chi connectivity index (χ4v) is 5.97. The maximum atomic E-state index is 13.9. The molecule has 0 radical (unpaired) electrons. The smallest absolute Gasteiger partial charge is 0.352 e. The summed E-state index contributed by atoms with van der Waals surface area (Å²) < 4.78 is 69.0. The molecule has 0 bridgehead atoms. The van der Waals surface area contributed by atoms with Crippen LogP contribution >= 0.6 is 34.8 Å². The van der Waals surface area contributed by atoms with Crippen molar-refractivity contribution in [1.29, 1.82) is 0 Å². The van der Waals surface area contributed by atoms with Gasteiger partial charge < -0.3 is 10.2 Å². The summed E-state index contributed by atoms with van der Waals surface area (Å²) in [6, 6.07) is 12.2. The van der Waals surface area contributed by atoms with Crippen LogP contribution in [0.5, 0.6) is 0 Å². The highest BCUT2D eigenvalue weighted by atomic mass is 35.5. The van der Waals surface area contributed by atoms with Crippen LogP contribution in [0.15, 0.2) is 71.6 Å². The molecule has 1 N–H and O–H groups in total. The summed E-state index contributed by atoms with van der Waals surface area (Å²) >= 11 is 18.4. The van der Waals surface area contributed by atoms with E-state index >= 15 is 0 Å². The van der Waals surface area contributed by atoms with Crippen LogP contribution in [0.1, 0.15) is 31.9 Å². The average molecular weight is 665 g/mol. The van der Waals surface area contributed by atoms with E-state index in [1.54, 1.807) is 26.0 Å². The molecule has 2 amide bonds. The fraction of sp³-hybridized carbons (Fsp3) is 0.286. The van der Waals surface area contributed by atoms with Gasteiger partial charge in [0.15, 0.2) is 0 Å². The van der Waals surface area contributed by atoms with Crippen LogP contribution in [0.2, 0.25) is 15.1 Å². The molecule has 3 aromatic rings. The zero-order chi connectivity index (χ0) is 31.4. The molecule has 0 aliphatic carbocycles. The Morgan fingerprint density at radius 1 is 0.881 bits per heavy atom. The summed E-state index contributed by atoms with van der Waals surface area (Å²) in [4.78, 5) is 27.7. The van der Waals surface area contributed by atoms with Gasteiger partial charge in [-0.2, -0.15) is 13.2 Å². The first-order chi connectivity index (χ1) is 19.5. The molecule has 0 aromatic heterocycles. The van der Waals surface area contributed by atoms with Gasteiger partial charge in [-0.1, -0.05) is 59.1 Å². The van der Waals surface area contributed by atoms with Gasteiger partial charge in [-0.3, -0.25) is 13.9 Å².